The Balaban J connectivity index is 1.69. The third-order valence-electron chi connectivity index (χ3n) is 4.38. The van der Waals surface area contributed by atoms with Gasteiger partial charge in [0, 0.05) is 10.9 Å². The highest BCUT2D eigenvalue weighted by Crippen LogP contribution is 2.54. The van der Waals surface area contributed by atoms with Crippen LogP contribution in [0.4, 0.5) is 0 Å². The molecule has 7 heteroatoms. The van der Waals surface area contributed by atoms with Gasteiger partial charge in [-0.1, -0.05) is 17.7 Å². The molecule has 1 aliphatic carbocycles. The van der Waals surface area contributed by atoms with E-state index >= 15 is 0 Å². The normalized spacial score (nSPS) is 24.4. The van der Waals surface area contributed by atoms with Crippen LogP contribution >= 0.6 is 11.6 Å². The Hall–Kier alpha value is -2.23. The fourth-order valence-electron chi connectivity index (χ4n) is 3.12. The number of sulfone groups is 1. The number of ether oxygens (including phenoxy) is 2. The van der Waals surface area contributed by atoms with Crippen LogP contribution in [0, 0.1) is 17.2 Å². The Morgan fingerprint density at radius 1 is 1.08 bits per heavy atom. The van der Waals surface area contributed by atoms with Crippen molar-refractivity contribution in [3.63, 3.8) is 0 Å². The molecule has 1 aliphatic heterocycles. The third kappa shape index (κ3) is 2.32. The lowest BCUT2D eigenvalue weighted by molar-refractivity contribution is 0.174. The maximum absolute atomic E-state index is 12.8. The van der Waals surface area contributed by atoms with Crippen LogP contribution in [0.3, 0.4) is 0 Å². The van der Waals surface area contributed by atoms with Crippen molar-refractivity contribution in [2.75, 3.05) is 6.79 Å². The maximum atomic E-state index is 12.8. The summed E-state index contributed by atoms with van der Waals surface area (Å²) in [4.78, 5) is 0.181. The van der Waals surface area contributed by atoms with Crippen molar-refractivity contribution in [3.8, 4) is 17.6 Å². The molecular weight excluding hydrogens is 350 g/mol. The van der Waals surface area contributed by atoms with Gasteiger partial charge in [-0.05, 0) is 42.0 Å². The van der Waals surface area contributed by atoms with Gasteiger partial charge < -0.3 is 9.47 Å². The summed E-state index contributed by atoms with van der Waals surface area (Å²) < 4.78 is 36.3. The van der Waals surface area contributed by atoms with Crippen molar-refractivity contribution in [1.82, 2.24) is 0 Å². The Bertz CT molecular complexity index is 950. The van der Waals surface area contributed by atoms with Crippen molar-refractivity contribution in [3.05, 3.63) is 53.1 Å². The van der Waals surface area contributed by atoms with Gasteiger partial charge in [0.05, 0.1) is 22.1 Å². The summed E-state index contributed by atoms with van der Waals surface area (Å²) in [5.41, 5.74) is 0.772. The molecule has 2 aromatic carbocycles. The highest BCUT2D eigenvalue weighted by Gasteiger charge is 2.59. The Kier molecular flexibility index (Phi) is 3.44. The molecule has 0 saturated heterocycles. The first-order valence-corrected chi connectivity index (χ1v) is 9.23. The van der Waals surface area contributed by atoms with Gasteiger partial charge in [0.2, 0.25) is 6.79 Å². The van der Waals surface area contributed by atoms with Crippen LogP contribution in [0.1, 0.15) is 11.5 Å². The standard InChI is InChI=1S/C17H12ClNO4S/c18-11-2-4-12(5-3-11)24(20,21)17-13(8-19)16(17)10-1-6-14-15(7-10)23-9-22-14/h1-7,13,16-17H,9H2. The Morgan fingerprint density at radius 2 is 1.79 bits per heavy atom. The lowest BCUT2D eigenvalue weighted by Crippen LogP contribution is -2.10. The first-order valence-electron chi connectivity index (χ1n) is 7.31. The molecule has 0 spiro atoms. The lowest BCUT2D eigenvalue weighted by Gasteiger charge is -2.05. The summed E-state index contributed by atoms with van der Waals surface area (Å²) in [7, 11) is -3.61. The molecule has 1 heterocycles. The largest absolute Gasteiger partial charge is 0.454 e. The number of rotatable bonds is 3. The predicted octanol–water partition coefficient (Wildman–Crippen LogP) is 3.15. The molecule has 24 heavy (non-hydrogen) atoms. The summed E-state index contributed by atoms with van der Waals surface area (Å²) in [6.07, 6.45) is 0. The van der Waals surface area contributed by atoms with Crippen LogP contribution in [0.25, 0.3) is 0 Å². The number of halogens is 1. The number of hydrogen-bond acceptors (Lipinski definition) is 5. The van der Waals surface area contributed by atoms with Crippen LogP contribution < -0.4 is 9.47 Å². The van der Waals surface area contributed by atoms with Gasteiger partial charge in [0.15, 0.2) is 21.3 Å². The second-order valence-corrected chi connectivity index (χ2v) is 8.30. The molecule has 122 valence electrons. The fourth-order valence-corrected chi connectivity index (χ4v) is 5.32. The van der Waals surface area contributed by atoms with Crippen LogP contribution in [0.5, 0.6) is 11.5 Å². The van der Waals surface area contributed by atoms with E-state index in [2.05, 4.69) is 6.07 Å². The molecule has 1 fully saturated rings. The van der Waals surface area contributed by atoms with Crippen molar-refractivity contribution in [2.45, 2.75) is 16.1 Å². The van der Waals surface area contributed by atoms with E-state index in [0.717, 1.165) is 5.56 Å². The molecule has 5 nitrogen and oxygen atoms in total. The SMILES string of the molecule is N#CC1C(c2ccc3c(c2)OCO3)C1S(=O)(=O)c1ccc(Cl)cc1. The van der Waals surface area contributed by atoms with Gasteiger partial charge in [0.25, 0.3) is 0 Å². The van der Waals surface area contributed by atoms with E-state index in [-0.39, 0.29) is 17.6 Å². The van der Waals surface area contributed by atoms with E-state index in [1.807, 2.05) is 0 Å². The minimum absolute atomic E-state index is 0.150. The third-order valence-corrected chi connectivity index (χ3v) is 6.87. The van der Waals surface area contributed by atoms with Gasteiger partial charge in [-0.3, -0.25) is 0 Å². The monoisotopic (exact) mass is 361 g/mol. The number of nitriles is 1. The molecular formula is C17H12ClNO4S. The molecule has 3 atom stereocenters. The summed E-state index contributed by atoms with van der Waals surface area (Å²) in [6.45, 7) is 0.150. The highest BCUT2D eigenvalue weighted by atomic mass is 35.5. The van der Waals surface area contributed by atoms with Gasteiger partial charge in [-0.15, -0.1) is 0 Å². The van der Waals surface area contributed by atoms with E-state index in [1.54, 1.807) is 18.2 Å². The minimum atomic E-state index is -3.61. The van der Waals surface area contributed by atoms with Gasteiger partial charge in [-0.25, -0.2) is 8.42 Å². The van der Waals surface area contributed by atoms with Gasteiger partial charge in [0.1, 0.15) is 0 Å². The van der Waals surface area contributed by atoms with E-state index in [0.29, 0.717) is 16.5 Å². The molecule has 3 unspecified atom stereocenters. The van der Waals surface area contributed by atoms with Crippen molar-refractivity contribution < 1.29 is 17.9 Å². The summed E-state index contributed by atoms with van der Waals surface area (Å²) in [5, 5.41) is 9.07. The second-order valence-electron chi connectivity index (χ2n) is 5.76. The fraction of sp³-hybridized carbons (Fsp3) is 0.235. The van der Waals surface area contributed by atoms with Gasteiger partial charge in [-0.2, -0.15) is 5.26 Å². The van der Waals surface area contributed by atoms with Crippen molar-refractivity contribution >= 4 is 21.4 Å². The van der Waals surface area contributed by atoms with Crippen LogP contribution in [0.2, 0.25) is 5.02 Å². The predicted molar refractivity (Wildman–Crippen MR) is 86.8 cm³/mol. The first-order chi connectivity index (χ1) is 11.5. The zero-order valence-electron chi connectivity index (χ0n) is 12.3. The highest BCUT2D eigenvalue weighted by molar-refractivity contribution is 7.92. The molecule has 0 bridgehead atoms. The quantitative estimate of drug-likeness (QED) is 0.839. The second kappa shape index (κ2) is 5.40. The Morgan fingerprint density at radius 3 is 2.50 bits per heavy atom. The number of fused-ring (bicyclic) bond motifs is 1. The molecule has 0 aromatic heterocycles. The van der Waals surface area contributed by atoms with Crippen LogP contribution in [0.15, 0.2) is 47.4 Å². The van der Waals surface area contributed by atoms with Crippen molar-refractivity contribution in [2.24, 2.45) is 5.92 Å². The smallest absolute Gasteiger partial charge is 0.231 e. The van der Waals surface area contributed by atoms with E-state index in [4.69, 9.17) is 21.1 Å². The molecule has 0 N–H and O–H groups in total. The van der Waals surface area contributed by atoms with Crippen molar-refractivity contribution in [1.29, 1.82) is 5.26 Å². The number of hydrogen-bond donors (Lipinski definition) is 0. The number of benzene rings is 2. The molecule has 4 rings (SSSR count). The van der Waals surface area contributed by atoms with E-state index < -0.39 is 21.0 Å². The topological polar surface area (TPSA) is 76.4 Å². The molecule has 2 aliphatic rings. The first kappa shape index (κ1) is 15.3. The molecule has 0 radical (unpaired) electrons. The lowest BCUT2D eigenvalue weighted by atomic mass is 10.1. The van der Waals surface area contributed by atoms with Crippen LogP contribution in [-0.4, -0.2) is 20.5 Å². The summed E-state index contributed by atoms with van der Waals surface area (Å²) >= 11 is 5.82. The molecule has 0 amide bonds. The molecule has 2 aromatic rings. The van der Waals surface area contributed by atoms with Crippen LogP contribution in [-0.2, 0) is 9.84 Å². The van der Waals surface area contributed by atoms with E-state index in [9.17, 15) is 13.7 Å². The number of nitrogens with zero attached hydrogens (tertiary/aromatic N) is 1. The average molecular weight is 362 g/mol. The summed E-state index contributed by atoms with van der Waals surface area (Å²) in [6, 6.07) is 13.4. The zero-order valence-corrected chi connectivity index (χ0v) is 13.9. The maximum Gasteiger partial charge on any atom is 0.231 e. The van der Waals surface area contributed by atoms with E-state index in [1.165, 1.54) is 24.3 Å². The zero-order chi connectivity index (χ0) is 16.9. The minimum Gasteiger partial charge on any atom is -0.454 e. The Labute approximate surface area is 144 Å². The average Bonchev–Trinajstić information content (AvgIpc) is 3.15. The van der Waals surface area contributed by atoms with Gasteiger partial charge >= 0.3 is 0 Å². The summed E-state index contributed by atoms with van der Waals surface area (Å²) in [5.74, 6) is 0.264. The molecule has 1 saturated carbocycles.